The van der Waals surface area contributed by atoms with Crippen molar-refractivity contribution in [1.82, 2.24) is 5.32 Å². The highest BCUT2D eigenvalue weighted by Gasteiger charge is 2.20. The largest absolute Gasteiger partial charge is 0.505 e. The summed E-state index contributed by atoms with van der Waals surface area (Å²) in [7, 11) is 0. The number of piperidine rings is 1. The van der Waals surface area contributed by atoms with Crippen molar-refractivity contribution in [3.8, 4) is 5.75 Å². The van der Waals surface area contributed by atoms with E-state index in [4.69, 9.17) is 0 Å². The van der Waals surface area contributed by atoms with E-state index < -0.39 is 5.82 Å². The van der Waals surface area contributed by atoms with Crippen LogP contribution in [0.3, 0.4) is 0 Å². The Balaban J connectivity index is 2.33. The molecule has 1 aromatic rings. The summed E-state index contributed by atoms with van der Waals surface area (Å²) in [4.78, 5) is 0. The van der Waals surface area contributed by atoms with E-state index in [1.807, 2.05) is 13.0 Å². The van der Waals surface area contributed by atoms with Gasteiger partial charge in [0, 0.05) is 0 Å². The van der Waals surface area contributed by atoms with Gasteiger partial charge >= 0.3 is 0 Å². The molecule has 0 amide bonds. The molecule has 0 atom stereocenters. The van der Waals surface area contributed by atoms with Crippen LogP contribution >= 0.6 is 0 Å². The summed E-state index contributed by atoms with van der Waals surface area (Å²) >= 11 is 0. The molecule has 1 fully saturated rings. The first-order valence-electron chi connectivity index (χ1n) is 5.38. The van der Waals surface area contributed by atoms with Crippen LogP contribution in [0.5, 0.6) is 5.75 Å². The molecule has 3 heteroatoms. The highest BCUT2D eigenvalue weighted by molar-refractivity contribution is 5.37. The minimum absolute atomic E-state index is 0.219. The zero-order valence-corrected chi connectivity index (χ0v) is 8.89. The van der Waals surface area contributed by atoms with Crippen molar-refractivity contribution in [2.75, 3.05) is 13.1 Å². The van der Waals surface area contributed by atoms with Gasteiger partial charge in [0.15, 0.2) is 11.6 Å². The molecule has 2 N–H and O–H groups in total. The molecule has 1 saturated heterocycles. The first kappa shape index (κ1) is 10.4. The van der Waals surface area contributed by atoms with E-state index in [-0.39, 0.29) is 11.7 Å². The second-order valence-corrected chi connectivity index (χ2v) is 4.21. The van der Waals surface area contributed by atoms with Crippen LogP contribution in [0.2, 0.25) is 0 Å². The van der Waals surface area contributed by atoms with E-state index in [0.717, 1.165) is 31.5 Å². The standard InChI is InChI=1S/C12H16FNO/c1-8-6-10(12(13)11(15)7-8)9-2-4-14-5-3-9/h6-7,9,14-15H,2-5H2,1H3. The number of benzene rings is 1. The molecule has 1 aliphatic heterocycles. The molecule has 0 aliphatic carbocycles. The Morgan fingerprint density at radius 3 is 2.67 bits per heavy atom. The predicted octanol–water partition coefficient (Wildman–Crippen LogP) is 2.31. The first-order valence-corrected chi connectivity index (χ1v) is 5.38. The lowest BCUT2D eigenvalue weighted by Gasteiger charge is -2.23. The topological polar surface area (TPSA) is 32.3 Å². The van der Waals surface area contributed by atoms with E-state index in [2.05, 4.69) is 5.32 Å². The van der Waals surface area contributed by atoms with Gasteiger partial charge in [0.05, 0.1) is 0 Å². The first-order chi connectivity index (χ1) is 7.18. The van der Waals surface area contributed by atoms with E-state index in [1.54, 1.807) is 0 Å². The highest BCUT2D eigenvalue weighted by atomic mass is 19.1. The zero-order chi connectivity index (χ0) is 10.8. The third-order valence-corrected chi connectivity index (χ3v) is 3.00. The summed E-state index contributed by atoms with van der Waals surface area (Å²) < 4.78 is 13.7. The number of halogens is 1. The number of hydrogen-bond donors (Lipinski definition) is 2. The molecule has 0 unspecified atom stereocenters. The van der Waals surface area contributed by atoms with Gasteiger partial charge in [0.25, 0.3) is 0 Å². The van der Waals surface area contributed by atoms with Gasteiger partial charge in [-0.05, 0) is 56.0 Å². The van der Waals surface area contributed by atoms with Gasteiger partial charge < -0.3 is 10.4 Å². The molecule has 0 saturated carbocycles. The van der Waals surface area contributed by atoms with Gasteiger partial charge in [0.1, 0.15) is 0 Å². The number of aromatic hydroxyl groups is 1. The summed E-state index contributed by atoms with van der Waals surface area (Å²) in [6, 6.07) is 3.32. The Bertz CT molecular complexity index is 359. The van der Waals surface area contributed by atoms with Gasteiger partial charge in [0.2, 0.25) is 0 Å². The molecule has 0 spiro atoms. The van der Waals surface area contributed by atoms with Crippen LogP contribution in [-0.2, 0) is 0 Å². The van der Waals surface area contributed by atoms with Crippen LogP contribution in [0.1, 0.15) is 29.9 Å². The monoisotopic (exact) mass is 209 g/mol. The molecule has 82 valence electrons. The van der Waals surface area contributed by atoms with Crippen LogP contribution in [-0.4, -0.2) is 18.2 Å². The van der Waals surface area contributed by atoms with Crippen molar-refractivity contribution >= 4 is 0 Å². The molecular weight excluding hydrogens is 193 g/mol. The Labute approximate surface area is 89.1 Å². The average Bonchev–Trinajstić information content (AvgIpc) is 2.24. The van der Waals surface area contributed by atoms with Gasteiger partial charge in [-0.25, -0.2) is 4.39 Å². The molecule has 1 heterocycles. The van der Waals surface area contributed by atoms with Crippen LogP contribution in [0.15, 0.2) is 12.1 Å². The van der Waals surface area contributed by atoms with Crippen molar-refractivity contribution in [3.63, 3.8) is 0 Å². The maximum absolute atomic E-state index is 13.7. The van der Waals surface area contributed by atoms with Crippen molar-refractivity contribution < 1.29 is 9.50 Å². The summed E-state index contributed by atoms with van der Waals surface area (Å²) in [5.74, 6) is -0.409. The fourth-order valence-corrected chi connectivity index (χ4v) is 2.21. The quantitative estimate of drug-likeness (QED) is 0.744. The second-order valence-electron chi connectivity index (χ2n) is 4.21. The lowest BCUT2D eigenvalue weighted by molar-refractivity contribution is 0.407. The number of phenols is 1. The molecule has 15 heavy (non-hydrogen) atoms. The molecular formula is C12H16FNO. The van der Waals surface area contributed by atoms with Gasteiger partial charge in [-0.1, -0.05) is 6.07 Å². The van der Waals surface area contributed by atoms with E-state index in [0.29, 0.717) is 5.56 Å². The van der Waals surface area contributed by atoms with Crippen LogP contribution in [0, 0.1) is 12.7 Å². The maximum Gasteiger partial charge on any atom is 0.168 e. The fourth-order valence-electron chi connectivity index (χ4n) is 2.21. The van der Waals surface area contributed by atoms with Crippen molar-refractivity contribution in [3.05, 3.63) is 29.1 Å². The third kappa shape index (κ3) is 2.12. The van der Waals surface area contributed by atoms with E-state index in [1.165, 1.54) is 6.07 Å². The Morgan fingerprint density at radius 1 is 1.33 bits per heavy atom. The normalized spacial score (nSPS) is 18.0. The third-order valence-electron chi connectivity index (χ3n) is 3.00. The van der Waals surface area contributed by atoms with Crippen LogP contribution in [0.25, 0.3) is 0 Å². The smallest absolute Gasteiger partial charge is 0.168 e. The summed E-state index contributed by atoms with van der Waals surface area (Å²) in [5, 5.41) is 12.7. The number of hydrogen-bond acceptors (Lipinski definition) is 2. The molecule has 0 bridgehead atoms. The number of phenolic OH excluding ortho intramolecular Hbond substituents is 1. The maximum atomic E-state index is 13.7. The predicted molar refractivity (Wildman–Crippen MR) is 57.6 cm³/mol. The van der Waals surface area contributed by atoms with Gasteiger partial charge in [-0.2, -0.15) is 0 Å². The second kappa shape index (κ2) is 4.19. The number of aryl methyl sites for hydroxylation is 1. The SMILES string of the molecule is Cc1cc(O)c(F)c(C2CCNCC2)c1. The molecule has 0 aromatic heterocycles. The minimum atomic E-state index is -0.437. The highest BCUT2D eigenvalue weighted by Crippen LogP contribution is 2.32. The lowest BCUT2D eigenvalue weighted by Crippen LogP contribution is -2.27. The van der Waals surface area contributed by atoms with Crippen molar-refractivity contribution in [2.45, 2.75) is 25.7 Å². The Morgan fingerprint density at radius 2 is 2.00 bits per heavy atom. The fraction of sp³-hybridized carbons (Fsp3) is 0.500. The Hall–Kier alpha value is -1.09. The number of rotatable bonds is 1. The lowest BCUT2D eigenvalue weighted by atomic mass is 9.89. The average molecular weight is 209 g/mol. The minimum Gasteiger partial charge on any atom is -0.505 e. The van der Waals surface area contributed by atoms with Crippen LogP contribution in [0.4, 0.5) is 4.39 Å². The van der Waals surface area contributed by atoms with E-state index >= 15 is 0 Å². The summed E-state index contributed by atoms with van der Waals surface area (Å²) in [6.07, 6.45) is 1.89. The zero-order valence-electron chi connectivity index (χ0n) is 8.89. The summed E-state index contributed by atoms with van der Waals surface area (Å²) in [5.41, 5.74) is 1.59. The molecule has 2 rings (SSSR count). The van der Waals surface area contributed by atoms with Crippen LogP contribution < -0.4 is 5.32 Å². The van der Waals surface area contributed by atoms with Gasteiger partial charge in [-0.3, -0.25) is 0 Å². The molecule has 1 aromatic carbocycles. The van der Waals surface area contributed by atoms with Crippen molar-refractivity contribution in [2.24, 2.45) is 0 Å². The molecule has 0 radical (unpaired) electrons. The summed E-state index contributed by atoms with van der Waals surface area (Å²) in [6.45, 7) is 3.74. The Kier molecular flexibility index (Phi) is 2.91. The van der Waals surface area contributed by atoms with Crippen molar-refractivity contribution in [1.29, 1.82) is 0 Å². The number of nitrogens with one attached hydrogen (secondary N) is 1. The molecule has 1 aliphatic rings. The van der Waals surface area contributed by atoms with E-state index in [9.17, 15) is 9.50 Å². The molecule has 2 nitrogen and oxygen atoms in total. The van der Waals surface area contributed by atoms with Gasteiger partial charge in [-0.15, -0.1) is 0 Å².